The zero-order valence-electron chi connectivity index (χ0n) is 57.5. The number of aromatic hydroxyl groups is 2. The van der Waals surface area contributed by atoms with Crippen LogP contribution >= 0.6 is 21.6 Å². The molecule has 2 spiro atoms. The number of dihydropyridines is 1. The van der Waals surface area contributed by atoms with Crippen LogP contribution in [-0.4, -0.2) is 113 Å². The number of nitrogens with one attached hydrogen (secondary N) is 3. The molecule has 1 unspecified atom stereocenters. The van der Waals surface area contributed by atoms with E-state index in [1.807, 2.05) is 27.7 Å². The van der Waals surface area contributed by atoms with E-state index in [0.717, 1.165) is 94.4 Å². The predicted molar refractivity (Wildman–Crippen MR) is 391 cm³/mol. The molecule has 5 aromatic rings. The van der Waals surface area contributed by atoms with Gasteiger partial charge in [-0.15, -0.1) is 0 Å². The Balaban J connectivity index is 1.04. The van der Waals surface area contributed by atoms with Crippen LogP contribution in [0.15, 0.2) is 108 Å². The second-order valence-corrected chi connectivity index (χ2v) is 33.1. The van der Waals surface area contributed by atoms with Crippen LogP contribution in [-0.2, 0) is 50.9 Å². The number of nitrogens with two attached hydrogens (primary N) is 1. The van der Waals surface area contributed by atoms with Gasteiger partial charge in [-0.05, 0) is 145 Å². The molecule has 5 aromatic carbocycles. The fraction of sp³-hybridized carbons (Fsp3) is 0.506. The fourth-order valence-electron chi connectivity index (χ4n) is 20.3. The van der Waals surface area contributed by atoms with E-state index in [-0.39, 0.29) is 72.3 Å². The lowest BCUT2D eigenvalue weighted by molar-refractivity contribution is -0.141. The highest BCUT2D eigenvalue weighted by molar-refractivity contribution is 8.77. The van der Waals surface area contributed by atoms with Crippen molar-refractivity contribution in [2.75, 3.05) is 46.0 Å². The lowest BCUT2D eigenvalue weighted by Gasteiger charge is -2.52. The summed E-state index contributed by atoms with van der Waals surface area (Å²) in [5.74, 6) is 15.1. The third kappa shape index (κ3) is 12.0. The number of esters is 1. The first kappa shape index (κ1) is 67.6. The molecule has 4 fully saturated rings. The van der Waals surface area contributed by atoms with E-state index in [0.29, 0.717) is 116 Å². The molecule has 15 nitrogen and oxygen atoms in total. The van der Waals surface area contributed by atoms with Crippen LogP contribution in [0.2, 0.25) is 0 Å². The fourth-order valence-corrected chi connectivity index (χ4v) is 23.6. The molecule has 3 saturated carbocycles. The molecule has 11 aliphatic rings. The lowest BCUT2D eigenvalue weighted by Crippen LogP contribution is -2.53. The first-order valence-corrected chi connectivity index (χ1v) is 39.2. The number of methoxy groups -OCH3 is 1. The van der Waals surface area contributed by atoms with Crippen molar-refractivity contribution in [2.45, 2.75) is 181 Å². The lowest BCUT2D eigenvalue weighted by atomic mass is 9.53. The van der Waals surface area contributed by atoms with Gasteiger partial charge in [0.15, 0.2) is 18.3 Å². The molecular formula is C83H94N4O11S2. The molecule has 11 bridgehead atoms. The second-order valence-electron chi connectivity index (χ2n) is 30.4. The van der Waals surface area contributed by atoms with Gasteiger partial charge in [-0.2, -0.15) is 0 Å². The van der Waals surface area contributed by atoms with Gasteiger partial charge in [0.1, 0.15) is 42.0 Å². The maximum absolute atomic E-state index is 14.1. The highest BCUT2D eigenvalue weighted by Gasteiger charge is 2.59. The highest BCUT2D eigenvalue weighted by atomic mass is 33.1. The number of hydrogen-bond acceptors (Lipinski definition) is 17. The summed E-state index contributed by atoms with van der Waals surface area (Å²) in [7, 11) is 5.53. The van der Waals surface area contributed by atoms with Crippen molar-refractivity contribution in [3.63, 3.8) is 0 Å². The number of carbonyl (C=O) groups excluding carboxylic acids is 1. The van der Waals surface area contributed by atoms with E-state index in [1.165, 1.54) is 18.9 Å². The second kappa shape index (κ2) is 28.1. The van der Waals surface area contributed by atoms with Crippen molar-refractivity contribution in [3.8, 4) is 63.6 Å². The number of hydrogen-bond donors (Lipinski definition) is 9. The van der Waals surface area contributed by atoms with Gasteiger partial charge >= 0.3 is 5.97 Å². The van der Waals surface area contributed by atoms with E-state index in [9.17, 15) is 30.3 Å². The Morgan fingerprint density at radius 3 is 2.62 bits per heavy atom. The summed E-state index contributed by atoms with van der Waals surface area (Å²) in [5, 5.41) is 73.7. The third-order valence-corrected chi connectivity index (χ3v) is 27.8. The van der Waals surface area contributed by atoms with Gasteiger partial charge in [0.25, 0.3) is 0 Å². The molecule has 0 radical (unpaired) electrons. The molecule has 5 aliphatic carbocycles. The summed E-state index contributed by atoms with van der Waals surface area (Å²) < 4.78 is 34.8. The Labute approximate surface area is 595 Å². The van der Waals surface area contributed by atoms with Gasteiger partial charge in [-0.25, -0.2) is 0 Å². The van der Waals surface area contributed by atoms with Gasteiger partial charge in [0.05, 0.1) is 41.8 Å². The van der Waals surface area contributed by atoms with Crippen molar-refractivity contribution in [3.05, 3.63) is 163 Å². The van der Waals surface area contributed by atoms with Crippen molar-refractivity contribution in [1.82, 2.24) is 16.0 Å². The first-order valence-electron chi connectivity index (χ1n) is 36.8. The molecule has 6 heterocycles. The van der Waals surface area contributed by atoms with E-state index < -0.39 is 65.8 Å². The zero-order valence-corrected chi connectivity index (χ0v) is 59.2. The summed E-state index contributed by atoms with van der Waals surface area (Å²) in [6.45, 7) is 3.51. The van der Waals surface area contributed by atoms with Gasteiger partial charge < -0.3 is 70.9 Å². The van der Waals surface area contributed by atoms with E-state index in [1.54, 1.807) is 13.2 Å². The zero-order chi connectivity index (χ0) is 68.6. The molecule has 16 rings (SSSR count). The van der Waals surface area contributed by atoms with Gasteiger partial charge in [-0.1, -0.05) is 150 Å². The molecule has 100 heavy (non-hydrogen) atoms. The molecule has 0 amide bonds. The summed E-state index contributed by atoms with van der Waals surface area (Å²) in [6.07, 6.45) is 16.0. The minimum absolute atomic E-state index is 0.0300. The van der Waals surface area contributed by atoms with E-state index in [2.05, 4.69) is 132 Å². The minimum Gasteiger partial charge on any atom is -0.508 e. The van der Waals surface area contributed by atoms with Crippen LogP contribution in [0, 0.1) is 59.2 Å². The SMILES string of the molecule is CCC1=CC2=C(C#C[C@H]3C#C[C@@H]4Cc5cccc(c5)[C@@]5(CCCC[C@H]5O)[C@@H]2[C@@H]2CC[C@@]5(Cc6cc(O)cc(OCO)c6-c6ccc7c(c65)O[C@H](c5c6c(c(O)c(c53)CNC[C@@H](CO)[C@H]4COC)O[C@H]3[C@H](C=C6)N[C@@H]4CCC[C@@H](CSS[C@H]3Cc3ccccc3)C4)[C@H]7COC(C)=O)C2)NC1N. The Morgan fingerprint density at radius 1 is 0.920 bits per heavy atom. The van der Waals surface area contributed by atoms with Crippen LogP contribution in [0.4, 0.5) is 0 Å². The normalized spacial score (nSPS) is 32.8. The molecule has 0 aromatic heterocycles. The number of fused-ring (bicyclic) bond motifs is 16. The quantitative estimate of drug-likeness (QED) is 0.0274. The number of allylic oxidation sites excluding steroid dienone is 3. The molecule has 17 atom stereocenters. The van der Waals surface area contributed by atoms with Crippen molar-refractivity contribution in [1.29, 1.82) is 0 Å². The molecule has 524 valence electrons. The Kier molecular flexibility index (Phi) is 19.0. The highest BCUT2D eigenvalue weighted by Crippen LogP contribution is 2.66. The molecule has 17 heteroatoms. The number of rotatable bonds is 10. The number of aliphatic hydroxyl groups is 3. The summed E-state index contributed by atoms with van der Waals surface area (Å²) >= 11 is 0. The van der Waals surface area contributed by atoms with Crippen LogP contribution in [0.25, 0.3) is 17.2 Å². The molecule has 10 N–H and O–H groups in total. The summed E-state index contributed by atoms with van der Waals surface area (Å²) in [5.41, 5.74) is 18.7. The summed E-state index contributed by atoms with van der Waals surface area (Å²) in [6, 6.07) is 27.2. The van der Waals surface area contributed by atoms with Crippen LogP contribution in [0.1, 0.15) is 164 Å². The molecular weight excluding hydrogens is 1290 g/mol. The molecule has 1 saturated heterocycles. The van der Waals surface area contributed by atoms with Crippen molar-refractivity contribution >= 4 is 33.6 Å². The van der Waals surface area contributed by atoms with Gasteiger partial charge in [0, 0.05) is 119 Å². The number of phenolic OH excluding ortho intramolecular Hbond substituents is 2. The number of carbonyl (C=O) groups is 1. The maximum Gasteiger partial charge on any atom is 0.302 e. The maximum atomic E-state index is 14.1. The third-order valence-electron chi connectivity index (χ3n) is 24.8. The minimum atomic E-state index is -0.960. The predicted octanol–water partition coefficient (Wildman–Crippen LogP) is 12.0. The summed E-state index contributed by atoms with van der Waals surface area (Å²) in [4.78, 5) is 13.7. The van der Waals surface area contributed by atoms with Gasteiger partial charge in [-0.3, -0.25) is 4.79 Å². The average Bonchev–Trinajstić information content (AvgIpc) is 1.48. The van der Waals surface area contributed by atoms with Gasteiger partial charge in [0.2, 0.25) is 0 Å². The number of ether oxygens (including phenoxy) is 5. The monoisotopic (exact) mass is 1390 g/mol. The van der Waals surface area contributed by atoms with Crippen molar-refractivity contribution < 1.29 is 54.0 Å². The topological polar surface area (TPSA) is 226 Å². The largest absolute Gasteiger partial charge is 0.508 e. The van der Waals surface area contributed by atoms with Crippen molar-refractivity contribution in [2.24, 2.45) is 41.2 Å². The first-order chi connectivity index (χ1) is 48.8. The van der Waals surface area contributed by atoms with E-state index >= 15 is 0 Å². The van der Waals surface area contributed by atoms with Crippen LogP contribution in [0.5, 0.6) is 28.7 Å². The van der Waals surface area contributed by atoms with E-state index in [4.69, 9.17) is 29.4 Å². The number of benzene rings is 5. The van der Waals surface area contributed by atoms with Crippen LogP contribution in [0.3, 0.4) is 0 Å². The van der Waals surface area contributed by atoms with Crippen LogP contribution < -0.4 is 35.9 Å². The Morgan fingerprint density at radius 2 is 1.80 bits per heavy atom. The Bertz CT molecular complexity index is 4230. The number of phenols is 2. The number of aliphatic hydroxyl groups excluding tert-OH is 3. The Hall–Kier alpha value is -6.87. The smallest absolute Gasteiger partial charge is 0.302 e. The standard InChI is InChI=1S/C83H94N4O11S2/c1-4-50-35-62-66(87-81(50)84)25-21-51-19-20-52-30-48-14-10-16-56(31-48)83(28-9-8-18-70(83)92)74(62)53-27-29-82(37-53)38-54-34-58(91)36-68(96-45-89)71(54)60-23-22-59-65(43-95-46(2)90)77(97-78(59)75(60)82)73-61-24-26-67-80(98-79(61)76(93)63(72(51)73)40-85-39-55(41-88)64(52)42-94-3)69(33-47-12-6-5-7-13-47)100-99-44-49-15-11-17-57(32-49)86-67/h5-7,10,12-14,16,22-24,26,31,34-36,49,51-53,55,57,64-65,67,69-70,74,77,80-81,85-89,91-93H,4,8-9,11,15,17-18,27-30,32-33,37-45,84H2,1-3H3/t49-,51-,52-,53-,55+,57-,64+,65+,67+,69+,70-,74-,77+,80+,81?,82+,83-/m1/s1. The average molecular weight is 1390 g/mol. The molecule has 6 aliphatic heterocycles.